The van der Waals surface area contributed by atoms with Crippen LogP contribution in [0, 0.1) is 0 Å². The van der Waals surface area contributed by atoms with Crippen LogP contribution >= 0.6 is 0 Å². The Hall–Kier alpha value is -2.50. The summed E-state index contributed by atoms with van der Waals surface area (Å²) >= 11 is 0. The van der Waals surface area contributed by atoms with Gasteiger partial charge in [-0.05, 0) is 23.8 Å². The first-order valence-corrected chi connectivity index (χ1v) is 5.89. The third-order valence-electron chi connectivity index (χ3n) is 2.41. The van der Waals surface area contributed by atoms with Gasteiger partial charge < -0.3 is 19.3 Å². The molecule has 108 valence electrons. The largest absolute Gasteiger partial charge is 0.493 e. The van der Waals surface area contributed by atoms with E-state index in [0.717, 1.165) is 6.08 Å². The molecule has 0 aliphatic rings. The van der Waals surface area contributed by atoms with Crippen LogP contribution in [0.5, 0.6) is 17.2 Å². The van der Waals surface area contributed by atoms with E-state index in [1.807, 2.05) is 0 Å². The van der Waals surface area contributed by atoms with Gasteiger partial charge in [0, 0.05) is 12.5 Å². The number of hydrogen-bond acceptors (Lipinski definition) is 5. The Morgan fingerprint density at radius 1 is 1.20 bits per heavy atom. The lowest BCUT2D eigenvalue weighted by atomic mass is 10.1. The van der Waals surface area contributed by atoms with E-state index in [9.17, 15) is 9.59 Å². The van der Waals surface area contributed by atoms with Gasteiger partial charge in [-0.1, -0.05) is 6.92 Å². The summed E-state index contributed by atoms with van der Waals surface area (Å²) in [7, 11) is 2.84. The summed E-state index contributed by atoms with van der Waals surface area (Å²) in [4.78, 5) is 21.9. The van der Waals surface area contributed by atoms with Crippen molar-refractivity contribution < 1.29 is 28.9 Å². The zero-order valence-corrected chi connectivity index (χ0v) is 11.5. The van der Waals surface area contributed by atoms with Crippen molar-refractivity contribution in [3.05, 3.63) is 23.8 Å². The molecule has 0 fully saturated rings. The highest BCUT2D eigenvalue weighted by Crippen LogP contribution is 2.39. The van der Waals surface area contributed by atoms with Crippen LogP contribution in [0.2, 0.25) is 0 Å². The van der Waals surface area contributed by atoms with Gasteiger partial charge in [-0.15, -0.1) is 0 Å². The Kier molecular flexibility index (Phi) is 5.58. The number of benzene rings is 1. The second-order valence-electron chi connectivity index (χ2n) is 3.75. The van der Waals surface area contributed by atoms with Crippen LogP contribution in [0.3, 0.4) is 0 Å². The van der Waals surface area contributed by atoms with E-state index in [0.29, 0.717) is 5.56 Å². The van der Waals surface area contributed by atoms with Crippen LogP contribution in [0.1, 0.15) is 18.9 Å². The maximum Gasteiger partial charge on any atom is 0.328 e. The van der Waals surface area contributed by atoms with Crippen LogP contribution < -0.4 is 14.2 Å². The predicted molar refractivity (Wildman–Crippen MR) is 72.1 cm³/mol. The predicted octanol–water partition coefficient (Wildman–Crippen LogP) is 2.12. The molecule has 0 saturated carbocycles. The smallest absolute Gasteiger partial charge is 0.328 e. The molecule has 1 aromatic carbocycles. The highest BCUT2D eigenvalue weighted by molar-refractivity contribution is 5.85. The summed E-state index contributed by atoms with van der Waals surface area (Å²) in [6, 6.07) is 3.11. The molecule has 0 amide bonds. The lowest BCUT2D eigenvalue weighted by Gasteiger charge is -2.13. The molecular formula is C14H16O6. The molecule has 0 bridgehead atoms. The van der Waals surface area contributed by atoms with E-state index in [1.54, 1.807) is 19.1 Å². The van der Waals surface area contributed by atoms with Gasteiger partial charge in [-0.2, -0.15) is 0 Å². The van der Waals surface area contributed by atoms with E-state index in [1.165, 1.54) is 20.3 Å². The summed E-state index contributed by atoms with van der Waals surface area (Å²) in [5.41, 5.74) is 0.553. The standard InChI is InChI=1S/C14H16O6/c1-4-13(17)20-14-10(18-2)7-9(5-6-12(15)16)8-11(14)19-3/h5-8H,4H2,1-3H3,(H,15,16)/b6-5+. The number of hydrogen-bond donors (Lipinski definition) is 1. The Labute approximate surface area is 116 Å². The Balaban J connectivity index is 3.24. The van der Waals surface area contributed by atoms with Gasteiger partial charge in [-0.3, -0.25) is 4.79 Å². The molecular weight excluding hydrogens is 264 g/mol. The third kappa shape index (κ3) is 4.01. The van der Waals surface area contributed by atoms with Gasteiger partial charge in [0.05, 0.1) is 14.2 Å². The molecule has 0 aliphatic heterocycles. The van der Waals surface area contributed by atoms with Crippen LogP contribution in [-0.4, -0.2) is 31.3 Å². The summed E-state index contributed by atoms with van der Waals surface area (Å²) in [5, 5.41) is 8.61. The zero-order chi connectivity index (χ0) is 15.1. The van der Waals surface area contributed by atoms with E-state index >= 15 is 0 Å². The molecule has 6 nitrogen and oxygen atoms in total. The number of ether oxygens (including phenoxy) is 3. The van der Waals surface area contributed by atoms with Gasteiger partial charge in [0.15, 0.2) is 11.5 Å². The fourth-order valence-electron chi connectivity index (χ4n) is 1.45. The number of esters is 1. The normalized spacial score (nSPS) is 10.3. The minimum atomic E-state index is -1.07. The van der Waals surface area contributed by atoms with Gasteiger partial charge in [0.1, 0.15) is 0 Å². The highest BCUT2D eigenvalue weighted by Gasteiger charge is 2.16. The first-order valence-electron chi connectivity index (χ1n) is 5.89. The first-order chi connectivity index (χ1) is 9.51. The van der Waals surface area contributed by atoms with Crippen molar-refractivity contribution in [1.29, 1.82) is 0 Å². The van der Waals surface area contributed by atoms with Crippen molar-refractivity contribution in [3.8, 4) is 17.2 Å². The van der Waals surface area contributed by atoms with Crippen LogP contribution in [0.15, 0.2) is 18.2 Å². The summed E-state index contributed by atoms with van der Waals surface area (Å²) in [5.74, 6) is -0.735. The molecule has 0 unspecified atom stereocenters. The third-order valence-corrected chi connectivity index (χ3v) is 2.41. The average molecular weight is 280 g/mol. The van der Waals surface area contributed by atoms with E-state index in [-0.39, 0.29) is 23.7 Å². The quantitative estimate of drug-likeness (QED) is 0.488. The monoisotopic (exact) mass is 280 g/mol. The Morgan fingerprint density at radius 2 is 1.75 bits per heavy atom. The lowest BCUT2D eigenvalue weighted by Crippen LogP contribution is -2.08. The number of carbonyl (C=O) groups excluding carboxylic acids is 1. The minimum absolute atomic E-state index is 0.175. The molecule has 1 aromatic rings. The second-order valence-corrected chi connectivity index (χ2v) is 3.75. The summed E-state index contributed by atoms with van der Waals surface area (Å²) in [6.45, 7) is 1.67. The van der Waals surface area contributed by atoms with Crippen molar-refractivity contribution in [1.82, 2.24) is 0 Å². The first kappa shape index (κ1) is 15.6. The highest BCUT2D eigenvalue weighted by atomic mass is 16.6. The molecule has 0 radical (unpaired) electrons. The van der Waals surface area contributed by atoms with Crippen LogP contribution in [0.25, 0.3) is 6.08 Å². The van der Waals surface area contributed by atoms with Gasteiger partial charge in [0.25, 0.3) is 0 Å². The van der Waals surface area contributed by atoms with Crippen molar-refractivity contribution in [2.24, 2.45) is 0 Å². The number of rotatable bonds is 6. The number of aliphatic carboxylic acids is 1. The van der Waals surface area contributed by atoms with Gasteiger partial charge in [0.2, 0.25) is 5.75 Å². The van der Waals surface area contributed by atoms with Crippen molar-refractivity contribution in [3.63, 3.8) is 0 Å². The molecule has 0 saturated heterocycles. The molecule has 20 heavy (non-hydrogen) atoms. The van der Waals surface area contributed by atoms with E-state index in [2.05, 4.69) is 0 Å². The molecule has 6 heteroatoms. The molecule has 1 N–H and O–H groups in total. The maximum absolute atomic E-state index is 11.4. The Morgan fingerprint density at radius 3 is 2.15 bits per heavy atom. The number of methoxy groups -OCH3 is 2. The summed E-state index contributed by atoms with van der Waals surface area (Å²) in [6.07, 6.45) is 2.59. The SMILES string of the molecule is CCC(=O)Oc1c(OC)cc(/C=C/C(=O)O)cc1OC. The Bertz CT molecular complexity index is 507. The molecule has 0 atom stereocenters. The van der Waals surface area contributed by atoms with Crippen molar-refractivity contribution >= 4 is 18.0 Å². The maximum atomic E-state index is 11.4. The topological polar surface area (TPSA) is 82.1 Å². The fraction of sp³-hybridized carbons (Fsp3) is 0.286. The van der Waals surface area contributed by atoms with E-state index < -0.39 is 11.9 Å². The fourth-order valence-corrected chi connectivity index (χ4v) is 1.45. The number of carboxylic acids is 1. The van der Waals surface area contributed by atoms with Gasteiger partial charge >= 0.3 is 11.9 Å². The number of carboxylic acid groups (broad SMARTS) is 1. The van der Waals surface area contributed by atoms with Crippen molar-refractivity contribution in [2.75, 3.05) is 14.2 Å². The molecule has 0 aromatic heterocycles. The molecule has 0 aliphatic carbocycles. The molecule has 0 spiro atoms. The van der Waals surface area contributed by atoms with Crippen molar-refractivity contribution in [2.45, 2.75) is 13.3 Å². The zero-order valence-electron chi connectivity index (χ0n) is 11.5. The lowest BCUT2D eigenvalue weighted by molar-refractivity contribution is -0.134. The molecule has 0 heterocycles. The molecule has 1 rings (SSSR count). The van der Waals surface area contributed by atoms with Gasteiger partial charge in [-0.25, -0.2) is 4.79 Å². The van der Waals surface area contributed by atoms with Crippen LogP contribution in [0.4, 0.5) is 0 Å². The average Bonchev–Trinajstić information content (AvgIpc) is 2.45. The second kappa shape index (κ2) is 7.18. The minimum Gasteiger partial charge on any atom is -0.493 e. The van der Waals surface area contributed by atoms with E-state index in [4.69, 9.17) is 19.3 Å². The van der Waals surface area contributed by atoms with Crippen LogP contribution in [-0.2, 0) is 9.59 Å². The number of carbonyl (C=O) groups is 2. The summed E-state index contributed by atoms with van der Waals surface area (Å²) < 4.78 is 15.4.